The predicted molar refractivity (Wildman–Crippen MR) is 376 cm³/mol. The Bertz CT molecular complexity index is 3850. The van der Waals surface area contributed by atoms with Crippen LogP contribution < -0.4 is 58.6 Å². The maximum absolute atomic E-state index is 7.97. The van der Waals surface area contributed by atoms with Crippen molar-refractivity contribution < 1.29 is 4.42 Å². The second-order valence-corrected chi connectivity index (χ2v) is 32.9. The quantitative estimate of drug-likeness (QED) is 0.160. The molecular formula is C73H93B6N3O. The Balaban J connectivity index is 1.29. The highest BCUT2D eigenvalue weighted by atomic mass is 16.3. The molecule has 1 aromatic heterocycles. The van der Waals surface area contributed by atoms with E-state index in [0.717, 1.165) is 54.9 Å². The van der Waals surface area contributed by atoms with Gasteiger partial charge in [0.1, 0.15) is 45.0 Å². The lowest BCUT2D eigenvalue weighted by Crippen LogP contribution is -2.61. The van der Waals surface area contributed by atoms with E-state index in [1.807, 2.05) is 0 Å². The smallest absolute Gasteiger partial charge is 0.297 e. The van der Waals surface area contributed by atoms with Gasteiger partial charge >= 0.3 is 0 Å². The minimum Gasteiger partial charge on any atom is -0.472 e. The molecule has 0 saturated heterocycles. The summed E-state index contributed by atoms with van der Waals surface area (Å²) in [6.45, 7) is 45.9. The third-order valence-corrected chi connectivity index (χ3v) is 22.3. The summed E-state index contributed by atoms with van der Waals surface area (Å²) in [5, 5.41) is 0. The highest BCUT2D eigenvalue weighted by Gasteiger charge is 2.54. The van der Waals surface area contributed by atoms with Crippen molar-refractivity contribution in [1.29, 1.82) is 0 Å². The van der Waals surface area contributed by atoms with Crippen molar-refractivity contribution in [2.45, 2.75) is 213 Å². The summed E-state index contributed by atoms with van der Waals surface area (Å²) in [5.74, 6) is 1.15. The topological polar surface area (TPSA) is 22.9 Å². The van der Waals surface area contributed by atoms with Crippen LogP contribution in [0.5, 0.6) is 0 Å². The molecule has 0 bridgehead atoms. The number of fused-ring (bicyclic) bond motifs is 8. The maximum Gasteiger partial charge on any atom is 0.297 e. The second kappa shape index (κ2) is 18.5. The molecule has 424 valence electrons. The SMILES string of the molecule is Bc1c(B)c(B)c(N(c2cc3c4c(c2)N(c2ccc(C(C)(C)C)cc2)c2c(oc5c2C(C)(C)CCC5(C)C)B4c2cc4c(cc2N3c2ccc(C(C)(C)C)cc2C)C(C)(C)CCC4(C)C)c2ccc3c(c2)C(C)(C)CCC3(C)C)c(B)c1B. The zero-order valence-corrected chi connectivity index (χ0v) is 55.7. The van der Waals surface area contributed by atoms with Gasteiger partial charge in [0.15, 0.2) is 0 Å². The first-order valence-electron chi connectivity index (χ1n) is 31.8. The number of rotatable bonds is 5. The Morgan fingerprint density at radius 2 is 0.940 bits per heavy atom. The van der Waals surface area contributed by atoms with Gasteiger partial charge in [0.2, 0.25) is 0 Å². The number of aryl methyl sites for hydroxylation is 1. The number of hydrogen-bond acceptors (Lipinski definition) is 4. The Morgan fingerprint density at radius 3 is 1.49 bits per heavy atom. The summed E-state index contributed by atoms with van der Waals surface area (Å²) >= 11 is 0. The Morgan fingerprint density at radius 1 is 0.458 bits per heavy atom. The molecule has 3 heterocycles. The van der Waals surface area contributed by atoms with Gasteiger partial charge in [0.25, 0.3) is 6.71 Å². The summed E-state index contributed by atoms with van der Waals surface area (Å²) in [7, 11) is 11.8. The summed E-state index contributed by atoms with van der Waals surface area (Å²) in [5.41, 5.74) is 32.3. The molecular weight excluding hydrogens is 1000 g/mol. The van der Waals surface area contributed by atoms with Crippen LogP contribution in [0.3, 0.4) is 0 Å². The van der Waals surface area contributed by atoms with E-state index in [9.17, 15) is 0 Å². The Hall–Kier alpha value is -5.61. The van der Waals surface area contributed by atoms with E-state index < -0.39 is 0 Å². The van der Waals surface area contributed by atoms with Crippen molar-refractivity contribution in [2.75, 3.05) is 14.7 Å². The van der Waals surface area contributed by atoms with E-state index in [0.29, 0.717) is 0 Å². The lowest BCUT2D eigenvalue weighted by Gasteiger charge is -2.47. The minimum absolute atomic E-state index is 0.00809. The van der Waals surface area contributed by atoms with Crippen LogP contribution in [-0.4, -0.2) is 45.9 Å². The minimum atomic E-state index is -0.176. The molecule has 0 fully saturated rings. The van der Waals surface area contributed by atoms with Gasteiger partial charge in [-0.15, -0.1) is 5.46 Å². The molecule has 83 heavy (non-hydrogen) atoms. The fraction of sp³-hybridized carbons (Fsp3) is 0.452. The molecule has 5 aliphatic rings. The zero-order valence-electron chi connectivity index (χ0n) is 55.7. The van der Waals surface area contributed by atoms with Crippen molar-refractivity contribution in [3.63, 3.8) is 0 Å². The van der Waals surface area contributed by atoms with E-state index >= 15 is 0 Å². The molecule has 0 amide bonds. The van der Waals surface area contributed by atoms with E-state index in [-0.39, 0.29) is 50.0 Å². The summed E-state index contributed by atoms with van der Waals surface area (Å²) in [4.78, 5) is 8.11. The number of hydrogen-bond donors (Lipinski definition) is 0. The van der Waals surface area contributed by atoms with Gasteiger partial charge in [-0.25, -0.2) is 0 Å². The van der Waals surface area contributed by atoms with E-state index in [4.69, 9.17) is 4.42 Å². The first-order valence-corrected chi connectivity index (χ1v) is 31.8. The Kier molecular flexibility index (Phi) is 12.9. The molecule has 12 rings (SSSR count). The van der Waals surface area contributed by atoms with Gasteiger partial charge in [-0.05, 0) is 182 Å². The third-order valence-electron chi connectivity index (χ3n) is 22.3. The molecule has 0 radical (unpaired) electrons. The van der Waals surface area contributed by atoms with Crippen LogP contribution in [0, 0.1) is 6.92 Å². The van der Waals surface area contributed by atoms with Gasteiger partial charge < -0.3 is 19.1 Å². The first kappa shape index (κ1) is 57.8. The first-order chi connectivity index (χ1) is 38.4. The Labute approximate surface area is 505 Å². The van der Waals surface area contributed by atoms with Crippen LogP contribution in [0.1, 0.15) is 213 Å². The molecule has 2 aliphatic heterocycles. The molecule has 10 heteroatoms. The zero-order chi connectivity index (χ0) is 60.2. The molecule has 0 saturated carbocycles. The molecule has 0 N–H and O–H groups in total. The van der Waals surface area contributed by atoms with Crippen molar-refractivity contribution in [2.24, 2.45) is 0 Å². The van der Waals surface area contributed by atoms with Crippen LogP contribution in [0.25, 0.3) is 0 Å². The number of furan rings is 1. The normalized spacial score (nSPS) is 19.2. The van der Waals surface area contributed by atoms with E-state index in [2.05, 4.69) is 270 Å². The lowest BCUT2D eigenvalue weighted by molar-refractivity contribution is 0.282. The van der Waals surface area contributed by atoms with Crippen LogP contribution in [0.2, 0.25) is 0 Å². The van der Waals surface area contributed by atoms with Gasteiger partial charge in [0.05, 0.1) is 17.0 Å². The predicted octanol–water partition coefficient (Wildman–Crippen LogP) is 10.1. The highest BCUT2D eigenvalue weighted by molar-refractivity contribution is 6.99. The second-order valence-electron chi connectivity index (χ2n) is 32.9. The third kappa shape index (κ3) is 8.78. The molecule has 0 spiro atoms. The molecule has 6 aromatic carbocycles. The molecule has 7 aromatic rings. The van der Waals surface area contributed by atoms with Gasteiger partial charge in [-0.1, -0.05) is 183 Å². The molecule has 0 atom stereocenters. The highest BCUT2D eigenvalue weighted by Crippen LogP contribution is 2.58. The van der Waals surface area contributed by atoms with Crippen LogP contribution in [0.4, 0.5) is 51.2 Å². The molecule has 0 unspecified atom stereocenters. The van der Waals surface area contributed by atoms with E-state index in [1.54, 1.807) is 0 Å². The summed E-state index contributed by atoms with van der Waals surface area (Å²) in [6, 6.07) is 35.1. The maximum atomic E-state index is 7.97. The van der Waals surface area contributed by atoms with Gasteiger partial charge in [0, 0.05) is 50.8 Å². The fourth-order valence-electron chi connectivity index (χ4n) is 15.9. The number of anilines is 9. The van der Waals surface area contributed by atoms with Gasteiger partial charge in [-0.3, -0.25) is 0 Å². The average molecular weight is 1090 g/mol. The van der Waals surface area contributed by atoms with Crippen LogP contribution in [0.15, 0.2) is 89.3 Å². The number of nitrogens with zero attached hydrogens (tertiary/aromatic N) is 3. The van der Waals surface area contributed by atoms with E-state index in [1.165, 1.54) is 129 Å². The lowest BCUT2D eigenvalue weighted by atomic mass is 9.35. The average Bonchev–Trinajstić information content (AvgIpc) is 1.73. The van der Waals surface area contributed by atoms with Crippen molar-refractivity contribution in [3.05, 3.63) is 135 Å². The van der Waals surface area contributed by atoms with Crippen molar-refractivity contribution in [1.82, 2.24) is 0 Å². The summed E-state index contributed by atoms with van der Waals surface area (Å²) in [6.07, 6.45) is 6.74. The number of benzene rings is 6. The van der Waals surface area contributed by atoms with Crippen molar-refractivity contribution >= 4 is 141 Å². The van der Waals surface area contributed by atoms with Crippen molar-refractivity contribution in [3.8, 4) is 0 Å². The largest absolute Gasteiger partial charge is 0.472 e. The summed E-state index contributed by atoms with van der Waals surface area (Å²) < 4.78 is 7.97. The monoisotopic (exact) mass is 1090 g/mol. The molecule has 4 nitrogen and oxygen atoms in total. The molecule has 3 aliphatic carbocycles. The standard InChI is InChI=1S/C73H93B6N3O/c1-40-34-42(67(5,6)7)22-27-51(40)82-52-39-49-48(70(12,13)30-31-71(49,14)15)38-50(52)79-61-53(81(43-23-20-41(21-24-43)66(2,3)4)62-55-64(83-65(62)79)73(18,19)33-32-72(55,16)17)36-45(37-54(61)82)80(63-59(77)57(75)56(74)58(76)60(63)78)44-25-26-46-47(35-44)69(10,11)29-28-68(46,8)9/h20-27,34-39H,28-33,74-78H2,1-19H3. The van der Waals surface area contributed by atoms with Crippen LogP contribution in [-0.2, 0) is 43.3 Å². The fourth-order valence-corrected chi connectivity index (χ4v) is 15.9. The van der Waals surface area contributed by atoms with Gasteiger partial charge in [-0.2, -0.15) is 0 Å². The van der Waals surface area contributed by atoms with Crippen LogP contribution >= 0.6 is 0 Å².